The van der Waals surface area contributed by atoms with Gasteiger partial charge in [0.1, 0.15) is 0 Å². The molecule has 4 atom stereocenters. The summed E-state index contributed by atoms with van der Waals surface area (Å²) < 4.78 is 24.0. The Bertz CT molecular complexity index is 483. The Morgan fingerprint density at radius 1 is 1.33 bits per heavy atom. The molecule has 18 heavy (non-hydrogen) atoms. The average Bonchev–Trinajstić information content (AvgIpc) is 2.67. The van der Waals surface area contributed by atoms with Crippen LogP contribution < -0.4 is 16.8 Å². The van der Waals surface area contributed by atoms with Gasteiger partial charge in [-0.3, -0.25) is 4.79 Å². The second-order valence-electron chi connectivity index (χ2n) is 4.95. The number of nitrogens with zero attached hydrogens (tertiary/aromatic N) is 1. The van der Waals surface area contributed by atoms with Gasteiger partial charge < -0.3 is 16.8 Å². The monoisotopic (exact) mass is 274 g/mol. The second-order valence-corrected chi connectivity index (χ2v) is 7.22. The molecule has 0 unspecified atom stereocenters. The first-order valence-corrected chi connectivity index (χ1v) is 7.60. The molecule has 0 aromatic heterocycles. The topological polar surface area (TPSA) is 128 Å². The largest absolute Gasteiger partial charge is 0.370 e. The van der Waals surface area contributed by atoms with Crippen LogP contribution in [-0.4, -0.2) is 43.4 Å². The molecule has 1 saturated carbocycles. The number of hydrogen-bond donors (Lipinski definition) is 3. The van der Waals surface area contributed by atoms with E-state index in [4.69, 9.17) is 11.5 Å². The first-order chi connectivity index (χ1) is 8.31. The highest BCUT2D eigenvalue weighted by Crippen LogP contribution is 2.41. The summed E-state index contributed by atoms with van der Waals surface area (Å²) in [6, 6.07) is -0.595. The fraction of sp³-hybridized carbons (Fsp3) is 0.800. The van der Waals surface area contributed by atoms with Crippen molar-refractivity contribution in [2.75, 3.05) is 5.75 Å². The predicted octanol–water partition coefficient (Wildman–Crippen LogP) is -1.66. The van der Waals surface area contributed by atoms with Crippen LogP contribution >= 0.6 is 0 Å². The van der Waals surface area contributed by atoms with Gasteiger partial charge in [-0.15, -0.1) is 0 Å². The van der Waals surface area contributed by atoms with Crippen LogP contribution in [0.3, 0.4) is 0 Å². The number of rotatable bonds is 2. The van der Waals surface area contributed by atoms with Gasteiger partial charge in [-0.2, -0.15) is 0 Å². The van der Waals surface area contributed by atoms with E-state index in [1.165, 1.54) is 6.92 Å². The fourth-order valence-electron chi connectivity index (χ4n) is 3.14. The van der Waals surface area contributed by atoms with Crippen molar-refractivity contribution < 1.29 is 13.2 Å². The van der Waals surface area contributed by atoms with Crippen molar-refractivity contribution in [2.45, 2.75) is 37.1 Å². The van der Waals surface area contributed by atoms with E-state index in [-0.39, 0.29) is 35.6 Å². The van der Waals surface area contributed by atoms with Gasteiger partial charge in [-0.25, -0.2) is 13.4 Å². The van der Waals surface area contributed by atoms with Gasteiger partial charge >= 0.3 is 0 Å². The minimum atomic E-state index is -3.15. The van der Waals surface area contributed by atoms with E-state index in [0.717, 1.165) is 0 Å². The van der Waals surface area contributed by atoms with Gasteiger partial charge in [0.25, 0.3) is 0 Å². The normalized spacial score (nSPS) is 36.9. The molecule has 1 aliphatic heterocycles. The lowest BCUT2D eigenvalue weighted by atomic mass is 9.96. The highest BCUT2D eigenvalue weighted by Gasteiger charge is 2.54. The van der Waals surface area contributed by atoms with E-state index >= 15 is 0 Å². The number of guanidine groups is 1. The molecule has 2 rings (SSSR count). The van der Waals surface area contributed by atoms with Crippen LogP contribution in [0, 0.1) is 5.92 Å². The number of sulfone groups is 1. The lowest BCUT2D eigenvalue weighted by Crippen LogP contribution is -2.43. The molecule has 0 aromatic rings. The molecule has 1 amide bonds. The zero-order valence-electron chi connectivity index (χ0n) is 10.2. The van der Waals surface area contributed by atoms with E-state index in [1.807, 2.05) is 0 Å². The number of nitrogens with one attached hydrogen (secondary N) is 1. The summed E-state index contributed by atoms with van der Waals surface area (Å²) in [5.41, 5.74) is 10.7. The van der Waals surface area contributed by atoms with Crippen molar-refractivity contribution in [2.24, 2.45) is 22.4 Å². The molecule has 1 heterocycles. The molecular formula is C10H18N4O3S. The number of fused-ring (bicyclic) bond motifs is 1. The number of amides is 1. The quantitative estimate of drug-likeness (QED) is 0.410. The summed E-state index contributed by atoms with van der Waals surface area (Å²) in [5, 5.41) is 2.27. The van der Waals surface area contributed by atoms with E-state index in [9.17, 15) is 13.2 Å². The van der Waals surface area contributed by atoms with Gasteiger partial charge in [0.2, 0.25) is 5.91 Å². The number of aliphatic imine (C=N–C) groups is 1. The average molecular weight is 274 g/mol. The maximum absolute atomic E-state index is 12.0. The summed E-state index contributed by atoms with van der Waals surface area (Å²) in [6.07, 6.45) is 1.20. The van der Waals surface area contributed by atoms with Gasteiger partial charge in [-0.05, 0) is 12.8 Å². The molecule has 8 heteroatoms. The van der Waals surface area contributed by atoms with Gasteiger partial charge in [0.05, 0.1) is 17.0 Å². The Morgan fingerprint density at radius 2 is 2.00 bits per heavy atom. The Labute approximate surface area is 106 Å². The molecule has 5 N–H and O–H groups in total. The Morgan fingerprint density at radius 3 is 2.56 bits per heavy atom. The Balaban J connectivity index is 2.28. The highest BCUT2D eigenvalue weighted by molar-refractivity contribution is 7.92. The van der Waals surface area contributed by atoms with Crippen LogP contribution in [0.1, 0.15) is 19.8 Å². The lowest BCUT2D eigenvalue weighted by molar-refractivity contribution is -0.119. The van der Waals surface area contributed by atoms with Crippen LogP contribution in [-0.2, 0) is 14.6 Å². The van der Waals surface area contributed by atoms with Gasteiger partial charge in [0, 0.05) is 18.9 Å². The number of carbonyl (C=O) groups is 1. The van der Waals surface area contributed by atoms with Crippen molar-refractivity contribution >= 4 is 21.7 Å². The van der Waals surface area contributed by atoms with Crippen molar-refractivity contribution in [3.63, 3.8) is 0 Å². The summed E-state index contributed by atoms with van der Waals surface area (Å²) in [6.45, 7) is 1.38. The summed E-state index contributed by atoms with van der Waals surface area (Å²) >= 11 is 0. The fourth-order valence-corrected chi connectivity index (χ4v) is 5.54. The van der Waals surface area contributed by atoms with Crippen LogP contribution in [0.15, 0.2) is 4.99 Å². The Kier molecular flexibility index (Phi) is 3.22. The molecule has 1 saturated heterocycles. The second kappa shape index (κ2) is 4.42. The van der Waals surface area contributed by atoms with Crippen LogP contribution in [0.4, 0.5) is 0 Å². The predicted molar refractivity (Wildman–Crippen MR) is 67.5 cm³/mol. The standard InChI is InChI=1S/C10H18N4O3S/c1-5(15)13-7-4-18(16,17)8-3-2-6(9(7)8)14-10(11)12/h6-9H,2-4H2,1H3,(H,13,15)(H4,11,12,14)/t6-,7+,8-,9-/m1/s1. The molecule has 0 aromatic carbocycles. The zero-order valence-corrected chi connectivity index (χ0v) is 11.0. The van der Waals surface area contributed by atoms with E-state index in [2.05, 4.69) is 10.3 Å². The molecule has 0 bridgehead atoms. The van der Waals surface area contributed by atoms with Crippen molar-refractivity contribution in [1.29, 1.82) is 0 Å². The zero-order chi connectivity index (χ0) is 13.5. The molecule has 2 fully saturated rings. The van der Waals surface area contributed by atoms with Crippen molar-refractivity contribution in [1.82, 2.24) is 5.32 Å². The molecule has 0 spiro atoms. The Hall–Kier alpha value is -1.31. The van der Waals surface area contributed by atoms with Gasteiger partial charge in [0.15, 0.2) is 15.8 Å². The SMILES string of the molecule is CC(=O)N[C@H]1CS(=O)(=O)[C@@H]2CC[C@@H](N=C(N)N)[C@H]12. The third-order valence-corrected chi connectivity index (χ3v) is 5.96. The minimum absolute atomic E-state index is 0.0155. The first kappa shape index (κ1) is 13.1. The molecule has 1 aliphatic carbocycles. The van der Waals surface area contributed by atoms with Crippen LogP contribution in [0.2, 0.25) is 0 Å². The summed E-state index contributed by atoms with van der Waals surface area (Å²) in [4.78, 5) is 15.2. The third kappa shape index (κ3) is 2.29. The summed E-state index contributed by atoms with van der Waals surface area (Å²) in [7, 11) is -3.15. The number of carbonyl (C=O) groups excluding carboxylic acids is 1. The highest BCUT2D eigenvalue weighted by atomic mass is 32.2. The van der Waals surface area contributed by atoms with Crippen molar-refractivity contribution in [3.8, 4) is 0 Å². The van der Waals surface area contributed by atoms with Crippen LogP contribution in [0.25, 0.3) is 0 Å². The van der Waals surface area contributed by atoms with E-state index in [0.29, 0.717) is 12.8 Å². The maximum atomic E-state index is 12.0. The lowest BCUT2D eigenvalue weighted by Gasteiger charge is -2.22. The number of hydrogen-bond acceptors (Lipinski definition) is 4. The van der Waals surface area contributed by atoms with Crippen LogP contribution in [0.5, 0.6) is 0 Å². The molecule has 7 nitrogen and oxygen atoms in total. The molecule has 0 radical (unpaired) electrons. The summed E-state index contributed by atoms with van der Waals surface area (Å²) in [5.74, 6) is -0.489. The molecule has 102 valence electrons. The molecule has 2 aliphatic rings. The smallest absolute Gasteiger partial charge is 0.217 e. The van der Waals surface area contributed by atoms with E-state index in [1.54, 1.807) is 0 Å². The van der Waals surface area contributed by atoms with Gasteiger partial charge in [-0.1, -0.05) is 0 Å². The number of nitrogens with two attached hydrogens (primary N) is 2. The van der Waals surface area contributed by atoms with Crippen molar-refractivity contribution in [3.05, 3.63) is 0 Å². The molecular weight excluding hydrogens is 256 g/mol. The first-order valence-electron chi connectivity index (χ1n) is 5.88. The maximum Gasteiger partial charge on any atom is 0.217 e. The minimum Gasteiger partial charge on any atom is -0.370 e. The van der Waals surface area contributed by atoms with E-state index < -0.39 is 15.1 Å². The third-order valence-electron chi connectivity index (χ3n) is 3.66.